The van der Waals surface area contributed by atoms with E-state index < -0.39 is 11.1 Å². The van der Waals surface area contributed by atoms with Crippen molar-refractivity contribution in [2.45, 2.75) is 36.8 Å². The Balaban J connectivity index is 1.16. The van der Waals surface area contributed by atoms with Crippen LogP contribution in [0.15, 0.2) is 89.7 Å². The molecule has 1 atom stereocenters. The third kappa shape index (κ3) is 3.34. The Labute approximate surface area is 229 Å². The van der Waals surface area contributed by atoms with Gasteiger partial charge in [-0.15, -0.1) is 0 Å². The SMILES string of the molecule is O=C1OC2(CCN(C(=O)CCC3(c4ccc(Br)cc4)c4ccccc4-c4nccn43)CC2)c2ccccc21. The van der Waals surface area contributed by atoms with Gasteiger partial charge in [0, 0.05) is 60.3 Å². The summed E-state index contributed by atoms with van der Waals surface area (Å²) < 4.78 is 9.14. The van der Waals surface area contributed by atoms with Crippen molar-refractivity contribution in [2.75, 3.05) is 13.1 Å². The van der Waals surface area contributed by atoms with Gasteiger partial charge in [-0.25, -0.2) is 9.78 Å². The zero-order chi connectivity index (χ0) is 25.9. The van der Waals surface area contributed by atoms with E-state index >= 15 is 0 Å². The number of halogens is 1. The monoisotopic (exact) mass is 567 g/mol. The van der Waals surface area contributed by atoms with Crippen molar-refractivity contribution in [2.24, 2.45) is 0 Å². The molecular weight excluding hydrogens is 542 g/mol. The average Bonchev–Trinajstić information content (AvgIpc) is 3.61. The van der Waals surface area contributed by atoms with Gasteiger partial charge in [-0.05, 0) is 35.7 Å². The number of likely N-dealkylation sites (tertiary alicyclic amines) is 1. The number of carbonyl (C=O) groups is 2. The van der Waals surface area contributed by atoms with Crippen LogP contribution in [0.4, 0.5) is 0 Å². The number of imidazole rings is 1. The maximum absolute atomic E-state index is 13.6. The first-order valence-electron chi connectivity index (χ1n) is 13.0. The van der Waals surface area contributed by atoms with Crippen molar-refractivity contribution in [3.63, 3.8) is 0 Å². The molecule has 3 aliphatic rings. The Morgan fingerprint density at radius 3 is 2.37 bits per heavy atom. The van der Waals surface area contributed by atoms with E-state index in [1.54, 1.807) is 0 Å². The highest BCUT2D eigenvalue weighted by Crippen LogP contribution is 2.50. The van der Waals surface area contributed by atoms with E-state index in [2.05, 4.69) is 67.9 Å². The topological polar surface area (TPSA) is 64.4 Å². The number of ether oxygens (including phenoxy) is 1. The largest absolute Gasteiger partial charge is 0.450 e. The molecule has 1 spiro atoms. The highest BCUT2D eigenvalue weighted by molar-refractivity contribution is 9.10. The summed E-state index contributed by atoms with van der Waals surface area (Å²) in [6, 6.07) is 24.4. The molecule has 0 N–H and O–H groups in total. The fraction of sp³-hybridized carbons (Fsp3) is 0.258. The minimum absolute atomic E-state index is 0.125. The molecule has 6 nitrogen and oxygen atoms in total. The van der Waals surface area contributed by atoms with Gasteiger partial charge in [0.25, 0.3) is 0 Å². The lowest BCUT2D eigenvalue weighted by atomic mass is 9.79. The number of rotatable bonds is 4. The standard InChI is InChI=1S/C31H26BrN3O3/c32-22-11-9-21(10-12-22)31(26-8-4-1-5-23(26)28-33-17-20-35(28)31)14-13-27(36)34-18-15-30(16-19-34)25-7-3-2-6-24(25)29(37)38-30/h1-12,17,20H,13-16,18-19H2. The van der Waals surface area contributed by atoms with Crippen LogP contribution in [0.5, 0.6) is 0 Å². The Morgan fingerprint density at radius 2 is 1.61 bits per heavy atom. The Morgan fingerprint density at radius 1 is 0.921 bits per heavy atom. The Kier molecular flexibility index (Phi) is 5.34. The number of nitrogens with zero attached hydrogens (tertiary/aromatic N) is 3. The molecule has 0 aliphatic carbocycles. The second kappa shape index (κ2) is 8.67. The van der Waals surface area contributed by atoms with Crippen LogP contribution >= 0.6 is 15.9 Å². The molecule has 1 aromatic heterocycles. The van der Waals surface area contributed by atoms with Crippen LogP contribution in [-0.4, -0.2) is 39.4 Å². The first-order valence-corrected chi connectivity index (χ1v) is 13.8. The molecule has 1 fully saturated rings. The molecule has 0 saturated carbocycles. The summed E-state index contributed by atoms with van der Waals surface area (Å²) in [5.41, 5.74) is 3.89. The Hall–Kier alpha value is -3.71. The number of hydrogen-bond acceptors (Lipinski definition) is 4. The van der Waals surface area contributed by atoms with Gasteiger partial charge < -0.3 is 14.2 Å². The molecule has 1 amide bonds. The first kappa shape index (κ1) is 23.4. The number of carbonyl (C=O) groups excluding carboxylic acids is 2. The minimum Gasteiger partial charge on any atom is -0.450 e. The molecule has 1 saturated heterocycles. The van der Waals surface area contributed by atoms with Crippen molar-refractivity contribution >= 4 is 27.8 Å². The van der Waals surface area contributed by atoms with E-state index in [1.807, 2.05) is 47.6 Å². The molecular formula is C31H26BrN3O3. The summed E-state index contributed by atoms with van der Waals surface area (Å²) in [5, 5.41) is 0. The average molecular weight is 568 g/mol. The van der Waals surface area contributed by atoms with E-state index in [0.29, 0.717) is 44.3 Å². The lowest BCUT2D eigenvalue weighted by Crippen LogP contribution is -2.46. The predicted molar refractivity (Wildman–Crippen MR) is 147 cm³/mol. The van der Waals surface area contributed by atoms with Crippen molar-refractivity contribution in [1.29, 1.82) is 0 Å². The molecule has 7 rings (SSSR count). The van der Waals surface area contributed by atoms with E-state index in [-0.39, 0.29) is 11.9 Å². The number of amides is 1. The van der Waals surface area contributed by atoms with Gasteiger partial charge >= 0.3 is 5.97 Å². The maximum atomic E-state index is 13.6. The number of benzene rings is 3. The van der Waals surface area contributed by atoms with Gasteiger partial charge in [0.05, 0.1) is 11.1 Å². The van der Waals surface area contributed by atoms with Crippen LogP contribution in [-0.2, 0) is 20.7 Å². The van der Waals surface area contributed by atoms with Gasteiger partial charge in [-0.1, -0.05) is 70.5 Å². The van der Waals surface area contributed by atoms with Crippen molar-refractivity contribution in [1.82, 2.24) is 14.5 Å². The van der Waals surface area contributed by atoms with Crippen molar-refractivity contribution in [3.8, 4) is 11.4 Å². The van der Waals surface area contributed by atoms with E-state index in [9.17, 15) is 9.59 Å². The second-order valence-corrected chi connectivity index (χ2v) is 11.3. The molecule has 3 aromatic carbocycles. The van der Waals surface area contributed by atoms with Gasteiger partial charge in [0.15, 0.2) is 0 Å². The molecule has 0 bridgehead atoms. The van der Waals surface area contributed by atoms with Crippen LogP contribution in [0.2, 0.25) is 0 Å². The summed E-state index contributed by atoms with van der Waals surface area (Å²) in [7, 11) is 0. The van der Waals surface area contributed by atoms with Crippen LogP contribution in [0.3, 0.4) is 0 Å². The molecule has 3 aliphatic heterocycles. The second-order valence-electron chi connectivity index (χ2n) is 10.3. The highest BCUT2D eigenvalue weighted by atomic mass is 79.9. The van der Waals surface area contributed by atoms with E-state index in [1.165, 1.54) is 5.56 Å². The normalized spacial score (nSPS) is 20.7. The number of esters is 1. The number of fused-ring (bicyclic) bond motifs is 5. The van der Waals surface area contributed by atoms with Gasteiger partial charge in [0.2, 0.25) is 5.91 Å². The zero-order valence-corrected chi connectivity index (χ0v) is 22.4. The molecule has 0 radical (unpaired) electrons. The van der Waals surface area contributed by atoms with Crippen LogP contribution in [0, 0.1) is 0 Å². The lowest BCUT2D eigenvalue weighted by Gasteiger charge is -2.39. The molecule has 38 heavy (non-hydrogen) atoms. The summed E-state index contributed by atoms with van der Waals surface area (Å²) >= 11 is 3.57. The summed E-state index contributed by atoms with van der Waals surface area (Å²) in [6.07, 6.45) is 6.12. The third-order valence-electron chi connectivity index (χ3n) is 8.54. The fourth-order valence-electron chi connectivity index (χ4n) is 6.68. The Bertz CT molecular complexity index is 1570. The van der Waals surface area contributed by atoms with Crippen LogP contribution < -0.4 is 0 Å². The van der Waals surface area contributed by atoms with Crippen molar-refractivity contribution in [3.05, 3.63) is 112 Å². The van der Waals surface area contributed by atoms with E-state index in [4.69, 9.17) is 4.74 Å². The van der Waals surface area contributed by atoms with Gasteiger partial charge in [-0.2, -0.15) is 0 Å². The van der Waals surface area contributed by atoms with Gasteiger partial charge in [0.1, 0.15) is 11.4 Å². The first-order chi connectivity index (χ1) is 18.5. The van der Waals surface area contributed by atoms with Gasteiger partial charge in [-0.3, -0.25) is 4.79 Å². The molecule has 4 heterocycles. The molecule has 7 heteroatoms. The van der Waals surface area contributed by atoms with Crippen molar-refractivity contribution < 1.29 is 14.3 Å². The van der Waals surface area contributed by atoms with Crippen LogP contribution in [0.1, 0.15) is 52.7 Å². The highest BCUT2D eigenvalue weighted by Gasteiger charge is 2.48. The summed E-state index contributed by atoms with van der Waals surface area (Å²) in [4.78, 5) is 32.7. The zero-order valence-electron chi connectivity index (χ0n) is 20.8. The lowest BCUT2D eigenvalue weighted by molar-refractivity contribution is -0.136. The summed E-state index contributed by atoms with van der Waals surface area (Å²) in [6.45, 7) is 1.14. The quantitative estimate of drug-likeness (QED) is 0.288. The minimum atomic E-state index is -0.612. The molecule has 190 valence electrons. The number of hydrogen-bond donors (Lipinski definition) is 0. The number of piperidine rings is 1. The maximum Gasteiger partial charge on any atom is 0.339 e. The smallest absolute Gasteiger partial charge is 0.339 e. The van der Waals surface area contributed by atoms with Crippen LogP contribution in [0.25, 0.3) is 11.4 Å². The fourth-order valence-corrected chi connectivity index (χ4v) is 6.94. The summed E-state index contributed by atoms with van der Waals surface area (Å²) in [5.74, 6) is 0.797. The predicted octanol–water partition coefficient (Wildman–Crippen LogP) is 5.89. The third-order valence-corrected chi connectivity index (χ3v) is 9.07. The number of aromatic nitrogens is 2. The molecule has 1 unspecified atom stereocenters. The van der Waals surface area contributed by atoms with E-state index in [0.717, 1.165) is 27.0 Å². The molecule has 4 aromatic rings.